The Kier molecular flexibility index (Phi) is 5.69. The molecule has 136 valence electrons. The van der Waals surface area contributed by atoms with Crippen LogP contribution in [0.5, 0.6) is 11.5 Å². The van der Waals surface area contributed by atoms with E-state index in [-0.39, 0.29) is 5.56 Å². The van der Waals surface area contributed by atoms with Crippen LogP contribution in [0.15, 0.2) is 78.9 Å². The van der Waals surface area contributed by atoms with Gasteiger partial charge in [-0.25, -0.2) is 9.59 Å². The summed E-state index contributed by atoms with van der Waals surface area (Å²) >= 11 is 0. The molecule has 0 fully saturated rings. The SMILES string of the molecule is COC(=O)c1ccccc1NC(=O)Nc1ccc(Oc2ccccc2)cc1. The summed E-state index contributed by atoms with van der Waals surface area (Å²) in [6.45, 7) is 0. The molecule has 0 bridgehead atoms. The van der Waals surface area contributed by atoms with Crippen molar-refractivity contribution in [1.29, 1.82) is 0 Å². The van der Waals surface area contributed by atoms with Gasteiger partial charge in [0.05, 0.1) is 18.4 Å². The molecule has 0 saturated heterocycles. The molecule has 3 aromatic carbocycles. The molecule has 0 aromatic heterocycles. The van der Waals surface area contributed by atoms with Crippen molar-refractivity contribution in [2.45, 2.75) is 0 Å². The second-order valence-corrected chi connectivity index (χ2v) is 5.56. The van der Waals surface area contributed by atoms with Gasteiger partial charge in [0.1, 0.15) is 11.5 Å². The van der Waals surface area contributed by atoms with Crippen LogP contribution in [-0.4, -0.2) is 19.1 Å². The third-order valence-electron chi connectivity index (χ3n) is 3.67. The fraction of sp³-hybridized carbons (Fsp3) is 0.0476. The van der Waals surface area contributed by atoms with Crippen molar-refractivity contribution in [3.8, 4) is 11.5 Å². The summed E-state index contributed by atoms with van der Waals surface area (Å²) < 4.78 is 10.4. The van der Waals surface area contributed by atoms with Crippen molar-refractivity contribution >= 4 is 23.4 Å². The molecule has 0 atom stereocenters. The molecule has 2 amide bonds. The number of nitrogens with one attached hydrogen (secondary N) is 2. The van der Waals surface area contributed by atoms with Crippen LogP contribution in [0, 0.1) is 0 Å². The molecule has 0 aliphatic heterocycles. The molecule has 0 aliphatic carbocycles. The largest absolute Gasteiger partial charge is 0.465 e. The predicted octanol–water partition coefficient (Wildman–Crippen LogP) is 4.91. The first-order chi connectivity index (χ1) is 13.2. The highest BCUT2D eigenvalue weighted by Crippen LogP contribution is 2.23. The summed E-state index contributed by atoms with van der Waals surface area (Å²) in [4.78, 5) is 24.0. The van der Waals surface area contributed by atoms with Gasteiger partial charge < -0.3 is 20.1 Å². The van der Waals surface area contributed by atoms with Crippen molar-refractivity contribution in [2.24, 2.45) is 0 Å². The molecule has 0 radical (unpaired) electrons. The van der Waals surface area contributed by atoms with Gasteiger partial charge in [-0.3, -0.25) is 0 Å². The maximum atomic E-state index is 12.2. The Bertz CT molecular complexity index is 924. The number of hydrogen-bond acceptors (Lipinski definition) is 4. The number of esters is 1. The van der Waals surface area contributed by atoms with Gasteiger partial charge in [-0.2, -0.15) is 0 Å². The van der Waals surface area contributed by atoms with E-state index in [1.165, 1.54) is 7.11 Å². The van der Waals surface area contributed by atoms with E-state index in [9.17, 15) is 9.59 Å². The van der Waals surface area contributed by atoms with Crippen molar-refractivity contribution in [3.63, 3.8) is 0 Å². The Labute approximate surface area is 156 Å². The highest BCUT2D eigenvalue weighted by atomic mass is 16.5. The van der Waals surface area contributed by atoms with Crippen LogP contribution >= 0.6 is 0 Å². The standard InChI is InChI=1S/C21H18N2O4/c1-26-20(24)18-9-5-6-10-19(18)23-21(25)22-15-11-13-17(14-12-15)27-16-7-3-2-4-8-16/h2-14H,1H3,(H2,22,23,25). The van der Waals surface area contributed by atoms with Crippen LogP contribution in [0.25, 0.3) is 0 Å². The number of urea groups is 1. The number of para-hydroxylation sites is 2. The Balaban J connectivity index is 1.62. The van der Waals surface area contributed by atoms with Crippen molar-refractivity contribution in [1.82, 2.24) is 0 Å². The van der Waals surface area contributed by atoms with Gasteiger partial charge in [0.25, 0.3) is 0 Å². The normalized spacial score (nSPS) is 9.96. The molecular weight excluding hydrogens is 344 g/mol. The topological polar surface area (TPSA) is 76.7 Å². The quantitative estimate of drug-likeness (QED) is 0.632. The van der Waals surface area contributed by atoms with Gasteiger partial charge in [0.15, 0.2) is 0 Å². The van der Waals surface area contributed by atoms with Gasteiger partial charge in [-0.15, -0.1) is 0 Å². The first kappa shape index (κ1) is 18.0. The highest BCUT2D eigenvalue weighted by Gasteiger charge is 2.13. The zero-order chi connectivity index (χ0) is 19.1. The molecule has 0 spiro atoms. The van der Waals surface area contributed by atoms with E-state index in [0.717, 1.165) is 5.75 Å². The number of ether oxygens (including phenoxy) is 2. The maximum Gasteiger partial charge on any atom is 0.339 e. The van der Waals surface area contributed by atoms with Crippen LogP contribution in [-0.2, 0) is 4.74 Å². The third-order valence-corrected chi connectivity index (χ3v) is 3.67. The third kappa shape index (κ3) is 4.85. The van der Waals surface area contributed by atoms with Gasteiger partial charge in [0.2, 0.25) is 0 Å². The van der Waals surface area contributed by atoms with E-state index in [4.69, 9.17) is 9.47 Å². The smallest absolute Gasteiger partial charge is 0.339 e. The first-order valence-corrected chi connectivity index (χ1v) is 8.24. The molecular formula is C21H18N2O4. The lowest BCUT2D eigenvalue weighted by Gasteiger charge is -2.11. The van der Waals surface area contributed by atoms with Gasteiger partial charge in [-0.1, -0.05) is 30.3 Å². The first-order valence-electron chi connectivity index (χ1n) is 8.24. The summed E-state index contributed by atoms with van der Waals surface area (Å²) in [5.74, 6) is 0.867. The second kappa shape index (κ2) is 8.53. The second-order valence-electron chi connectivity index (χ2n) is 5.56. The van der Waals surface area contributed by atoms with Crippen molar-refractivity contribution in [2.75, 3.05) is 17.7 Å². The molecule has 3 rings (SSSR count). The number of rotatable bonds is 5. The van der Waals surface area contributed by atoms with E-state index < -0.39 is 12.0 Å². The van der Waals surface area contributed by atoms with Crippen LogP contribution in [0.1, 0.15) is 10.4 Å². The van der Waals surface area contributed by atoms with E-state index in [0.29, 0.717) is 17.1 Å². The summed E-state index contributed by atoms with van der Waals surface area (Å²) in [7, 11) is 1.29. The number of carbonyl (C=O) groups excluding carboxylic acids is 2. The molecule has 6 heteroatoms. The monoisotopic (exact) mass is 362 g/mol. The van der Waals surface area contributed by atoms with Crippen LogP contribution in [0.3, 0.4) is 0 Å². The maximum absolute atomic E-state index is 12.2. The number of hydrogen-bond donors (Lipinski definition) is 2. The lowest BCUT2D eigenvalue weighted by atomic mass is 10.2. The fourth-order valence-corrected chi connectivity index (χ4v) is 2.40. The van der Waals surface area contributed by atoms with Crippen LogP contribution in [0.2, 0.25) is 0 Å². The average Bonchev–Trinajstić information content (AvgIpc) is 2.70. The van der Waals surface area contributed by atoms with Gasteiger partial charge in [0, 0.05) is 5.69 Å². The van der Waals surface area contributed by atoms with Gasteiger partial charge >= 0.3 is 12.0 Å². The minimum Gasteiger partial charge on any atom is -0.465 e. The molecule has 27 heavy (non-hydrogen) atoms. The summed E-state index contributed by atoms with van der Waals surface area (Å²) in [6, 6.07) is 22.5. The fourth-order valence-electron chi connectivity index (χ4n) is 2.40. The van der Waals surface area contributed by atoms with E-state index in [1.807, 2.05) is 30.3 Å². The molecule has 2 N–H and O–H groups in total. The molecule has 0 unspecified atom stereocenters. The summed E-state index contributed by atoms with van der Waals surface area (Å²) in [5.41, 5.74) is 1.23. The Morgan fingerprint density at radius 3 is 2.07 bits per heavy atom. The average molecular weight is 362 g/mol. The minimum absolute atomic E-state index is 0.279. The molecule has 0 saturated carbocycles. The van der Waals surface area contributed by atoms with E-state index >= 15 is 0 Å². The Hall–Kier alpha value is -3.80. The molecule has 0 heterocycles. The predicted molar refractivity (Wildman–Crippen MR) is 103 cm³/mol. The lowest BCUT2D eigenvalue weighted by Crippen LogP contribution is -2.21. The van der Waals surface area contributed by atoms with E-state index in [2.05, 4.69) is 10.6 Å². The Morgan fingerprint density at radius 1 is 0.741 bits per heavy atom. The molecule has 6 nitrogen and oxygen atoms in total. The zero-order valence-electron chi connectivity index (χ0n) is 14.6. The number of anilines is 2. The van der Waals surface area contributed by atoms with E-state index in [1.54, 1.807) is 48.5 Å². The number of benzene rings is 3. The summed E-state index contributed by atoms with van der Waals surface area (Å²) in [5, 5.41) is 5.35. The van der Waals surface area contributed by atoms with Crippen molar-refractivity contribution in [3.05, 3.63) is 84.4 Å². The van der Waals surface area contributed by atoms with Crippen molar-refractivity contribution < 1.29 is 19.1 Å². The molecule has 0 aliphatic rings. The minimum atomic E-state index is -0.520. The number of amides is 2. The van der Waals surface area contributed by atoms with Gasteiger partial charge in [-0.05, 0) is 48.5 Å². The number of carbonyl (C=O) groups is 2. The summed E-state index contributed by atoms with van der Waals surface area (Å²) in [6.07, 6.45) is 0. The highest BCUT2D eigenvalue weighted by molar-refractivity contribution is 6.05. The number of methoxy groups -OCH3 is 1. The lowest BCUT2D eigenvalue weighted by molar-refractivity contribution is 0.0602. The Morgan fingerprint density at radius 2 is 1.37 bits per heavy atom. The van der Waals surface area contributed by atoms with Crippen LogP contribution in [0.4, 0.5) is 16.2 Å². The van der Waals surface area contributed by atoms with Crippen LogP contribution < -0.4 is 15.4 Å². The molecule has 3 aromatic rings. The zero-order valence-corrected chi connectivity index (χ0v) is 14.6.